The molecule has 2 rings (SSSR count). The van der Waals surface area contributed by atoms with E-state index in [-0.39, 0.29) is 10.8 Å². The molecule has 0 N–H and O–H groups in total. The number of nitrogens with zero attached hydrogens (tertiary/aromatic N) is 5. The Bertz CT molecular complexity index is 735. The number of non-ortho nitro benzene ring substituents is 1. The maximum Gasteiger partial charge on any atom is 0.272 e. The highest BCUT2D eigenvalue weighted by Gasteiger charge is 2.27. The second-order valence-electron chi connectivity index (χ2n) is 4.24. The molecular formula is C10H11N5O4S. The molecule has 1 aromatic carbocycles. The van der Waals surface area contributed by atoms with Gasteiger partial charge in [-0.1, -0.05) is 5.10 Å². The van der Waals surface area contributed by atoms with Crippen LogP contribution in [-0.2, 0) is 9.84 Å². The Kier molecular flexibility index (Phi) is 3.49. The molecule has 9 nitrogen and oxygen atoms in total. The summed E-state index contributed by atoms with van der Waals surface area (Å²) < 4.78 is 25.2. The van der Waals surface area contributed by atoms with Crippen LogP contribution in [0, 0.1) is 10.1 Å². The fraction of sp³-hybridized carbons (Fsp3) is 0.300. The molecule has 0 radical (unpaired) electrons. The molecule has 0 fully saturated rings. The molecule has 0 amide bonds. The first-order chi connectivity index (χ1) is 9.34. The number of benzene rings is 1. The second-order valence-corrected chi connectivity index (χ2v) is 6.64. The molecule has 2 aromatic rings. The zero-order valence-electron chi connectivity index (χ0n) is 10.7. The normalized spacial score (nSPS) is 11.8. The lowest BCUT2D eigenvalue weighted by molar-refractivity contribution is -0.384. The molecule has 0 aliphatic carbocycles. The van der Waals surface area contributed by atoms with Crippen LogP contribution < -0.4 is 0 Å². The zero-order chi connectivity index (χ0) is 14.9. The van der Waals surface area contributed by atoms with Crippen LogP contribution in [0.5, 0.6) is 0 Å². The average Bonchev–Trinajstić information content (AvgIpc) is 2.88. The van der Waals surface area contributed by atoms with Crippen LogP contribution in [0.1, 0.15) is 13.8 Å². The lowest BCUT2D eigenvalue weighted by Crippen LogP contribution is -2.19. The number of aromatic nitrogens is 4. The van der Waals surface area contributed by atoms with Gasteiger partial charge < -0.3 is 0 Å². The zero-order valence-corrected chi connectivity index (χ0v) is 11.5. The first-order valence-corrected chi connectivity index (χ1v) is 7.16. The van der Waals surface area contributed by atoms with E-state index in [9.17, 15) is 18.5 Å². The van der Waals surface area contributed by atoms with Gasteiger partial charge in [0.25, 0.3) is 10.8 Å². The van der Waals surface area contributed by atoms with Crippen molar-refractivity contribution in [3.8, 4) is 5.69 Å². The molecule has 0 saturated heterocycles. The summed E-state index contributed by atoms with van der Waals surface area (Å²) in [4.78, 5) is 10.0. The maximum atomic E-state index is 12.1. The lowest BCUT2D eigenvalue weighted by atomic mass is 10.3. The number of sulfone groups is 1. The Balaban J connectivity index is 2.50. The van der Waals surface area contributed by atoms with Gasteiger partial charge in [0.2, 0.25) is 9.84 Å². The smallest absolute Gasteiger partial charge is 0.258 e. The highest BCUT2D eigenvalue weighted by molar-refractivity contribution is 7.91. The van der Waals surface area contributed by atoms with E-state index in [1.807, 2.05) is 0 Å². The Morgan fingerprint density at radius 2 is 1.85 bits per heavy atom. The summed E-state index contributed by atoms with van der Waals surface area (Å²) in [5, 5.41) is 20.1. The van der Waals surface area contributed by atoms with Crippen LogP contribution in [0.3, 0.4) is 0 Å². The quantitative estimate of drug-likeness (QED) is 0.603. The second kappa shape index (κ2) is 4.96. The highest BCUT2D eigenvalue weighted by Crippen LogP contribution is 2.19. The summed E-state index contributed by atoms with van der Waals surface area (Å²) >= 11 is 0. The van der Waals surface area contributed by atoms with Gasteiger partial charge in [0.05, 0.1) is 15.9 Å². The Labute approximate surface area is 114 Å². The summed E-state index contributed by atoms with van der Waals surface area (Å²) in [6.45, 7) is 3.04. The number of hydrogen-bond donors (Lipinski definition) is 0. The molecule has 106 valence electrons. The van der Waals surface area contributed by atoms with E-state index < -0.39 is 20.0 Å². The molecule has 1 aromatic heterocycles. The van der Waals surface area contributed by atoms with Gasteiger partial charge in [0.15, 0.2) is 0 Å². The molecule has 0 spiro atoms. The van der Waals surface area contributed by atoms with Crippen molar-refractivity contribution >= 4 is 15.5 Å². The van der Waals surface area contributed by atoms with E-state index in [0.29, 0.717) is 5.69 Å². The Hall–Kier alpha value is -2.36. The molecule has 1 heterocycles. The van der Waals surface area contributed by atoms with E-state index in [4.69, 9.17) is 0 Å². The number of tetrazole rings is 1. The number of hydrogen-bond acceptors (Lipinski definition) is 7. The van der Waals surface area contributed by atoms with Gasteiger partial charge in [-0.25, -0.2) is 8.42 Å². The summed E-state index contributed by atoms with van der Waals surface area (Å²) in [6, 6.07) is 5.27. The van der Waals surface area contributed by atoms with Crippen molar-refractivity contribution in [2.75, 3.05) is 0 Å². The molecular weight excluding hydrogens is 286 g/mol. The first-order valence-electron chi connectivity index (χ1n) is 5.61. The number of rotatable bonds is 4. The predicted octanol–water partition coefficient (Wildman–Crippen LogP) is 0.753. The van der Waals surface area contributed by atoms with Crippen molar-refractivity contribution in [2.24, 2.45) is 0 Å². The van der Waals surface area contributed by atoms with Crippen molar-refractivity contribution in [1.82, 2.24) is 20.2 Å². The molecule has 0 saturated carbocycles. The van der Waals surface area contributed by atoms with E-state index in [0.717, 1.165) is 4.68 Å². The van der Waals surface area contributed by atoms with Crippen molar-refractivity contribution < 1.29 is 13.3 Å². The minimum Gasteiger partial charge on any atom is -0.258 e. The van der Waals surface area contributed by atoms with Crippen molar-refractivity contribution in [1.29, 1.82) is 0 Å². The van der Waals surface area contributed by atoms with E-state index in [2.05, 4.69) is 15.5 Å². The fourth-order valence-corrected chi connectivity index (χ4v) is 2.40. The summed E-state index contributed by atoms with van der Waals surface area (Å²) in [7, 11) is -3.65. The molecule has 0 aliphatic rings. The summed E-state index contributed by atoms with van der Waals surface area (Å²) in [5.74, 6) is 0. The monoisotopic (exact) mass is 297 g/mol. The predicted molar refractivity (Wildman–Crippen MR) is 68.1 cm³/mol. The molecule has 0 atom stereocenters. The van der Waals surface area contributed by atoms with Crippen LogP contribution in [0.2, 0.25) is 0 Å². The molecule has 10 heteroatoms. The van der Waals surface area contributed by atoms with Crippen molar-refractivity contribution in [3.63, 3.8) is 0 Å². The molecule has 20 heavy (non-hydrogen) atoms. The molecule has 0 bridgehead atoms. The van der Waals surface area contributed by atoms with E-state index in [1.165, 1.54) is 38.1 Å². The van der Waals surface area contributed by atoms with Crippen molar-refractivity contribution in [2.45, 2.75) is 24.3 Å². The third-order valence-corrected chi connectivity index (χ3v) is 4.63. The summed E-state index contributed by atoms with van der Waals surface area (Å²) in [6.07, 6.45) is 0. The first kappa shape index (κ1) is 14.1. The van der Waals surface area contributed by atoms with Gasteiger partial charge in [0, 0.05) is 12.1 Å². The topological polar surface area (TPSA) is 121 Å². The minimum atomic E-state index is -3.65. The molecule has 0 aliphatic heterocycles. The number of nitro benzene ring substituents is 1. The third-order valence-electron chi connectivity index (χ3n) is 2.62. The lowest BCUT2D eigenvalue weighted by Gasteiger charge is -2.07. The van der Waals surface area contributed by atoms with Crippen LogP contribution in [0.4, 0.5) is 5.69 Å². The minimum absolute atomic E-state index is 0.102. The van der Waals surface area contributed by atoms with Crippen LogP contribution in [-0.4, -0.2) is 38.8 Å². The van der Waals surface area contributed by atoms with Crippen molar-refractivity contribution in [3.05, 3.63) is 34.4 Å². The third kappa shape index (κ3) is 2.37. The van der Waals surface area contributed by atoms with Gasteiger partial charge >= 0.3 is 0 Å². The number of nitro groups is 1. The van der Waals surface area contributed by atoms with Gasteiger partial charge in [-0.15, -0.1) is 0 Å². The van der Waals surface area contributed by atoms with Gasteiger partial charge in [-0.05, 0) is 36.4 Å². The highest BCUT2D eigenvalue weighted by atomic mass is 32.2. The summed E-state index contributed by atoms with van der Waals surface area (Å²) in [5.41, 5.74) is 0.231. The van der Waals surface area contributed by atoms with Crippen LogP contribution in [0.15, 0.2) is 29.4 Å². The van der Waals surface area contributed by atoms with E-state index in [1.54, 1.807) is 0 Å². The standard InChI is InChI=1S/C10H11N5O4S/c1-7(2)20(18,19)10-11-12-13-14(10)8-3-5-9(6-4-8)15(16)17/h3-7H,1-2H3. The largest absolute Gasteiger partial charge is 0.272 e. The van der Waals surface area contributed by atoms with Gasteiger partial charge in [-0.3, -0.25) is 10.1 Å². The van der Waals surface area contributed by atoms with Gasteiger partial charge in [-0.2, -0.15) is 4.68 Å². The van der Waals surface area contributed by atoms with E-state index >= 15 is 0 Å². The van der Waals surface area contributed by atoms with Crippen LogP contribution >= 0.6 is 0 Å². The Morgan fingerprint density at radius 3 is 2.35 bits per heavy atom. The van der Waals surface area contributed by atoms with Crippen LogP contribution in [0.25, 0.3) is 5.69 Å². The average molecular weight is 297 g/mol. The SMILES string of the molecule is CC(C)S(=O)(=O)c1nnnn1-c1ccc([N+](=O)[O-])cc1. The molecule has 0 unspecified atom stereocenters. The van der Waals surface area contributed by atoms with Gasteiger partial charge in [0.1, 0.15) is 0 Å². The Morgan fingerprint density at radius 1 is 1.25 bits per heavy atom. The fourth-order valence-electron chi connectivity index (χ4n) is 1.44. The maximum absolute atomic E-state index is 12.1.